The second-order valence-corrected chi connectivity index (χ2v) is 4.91. The van der Waals surface area contributed by atoms with E-state index in [0.29, 0.717) is 25.3 Å². The van der Waals surface area contributed by atoms with Crippen LogP contribution in [0.5, 0.6) is 0 Å². The molecule has 1 aliphatic heterocycles. The van der Waals surface area contributed by atoms with E-state index in [1.807, 2.05) is 12.1 Å². The lowest BCUT2D eigenvalue weighted by molar-refractivity contribution is -0.144. The van der Waals surface area contributed by atoms with E-state index in [1.165, 1.54) is 4.90 Å². The highest BCUT2D eigenvalue weighted by atomic mass is 16.5. The van der Waals surface area contributed by atoms with Crippen LogP contribution in [0.2, 0.25) is 0 Å². The summed E-state index contributed by atoms with van der Waals surface area (Å²) in [5.74, 6) is -0.732. The van der Waals surface area contributed by atoms with E-state index in [2.05, 4.69) is 0 Å². The van der Waals surface area contributed by atoms with Gasteiger partial charge in [0.05, 0.1) is 6.54 Å². The zero-order valence-corrected chi connectivity index (χ0v) is 11.2. The van der Waals surface area contributed by atoms with E-state index in [1.54, 1.807) is 12.1 Å². The van der Waals surface area contributed by atoms with Crippen LogP contribution in [0.3, 0.4) is 0 Å². The van der Waals surface area contributed by atoms with Crippen molar-refractivity contribution in [3.05, 3.63) is 29.8 Å². The standard InChI is InChI=1S/C14H19N3O3/c15-11-4-1-3-10(7-11)8-17(9-13(16)18)14(19)12-5-2-6-20-12/h1,3-4,7,12H,2,5-6,8-9,15H2,(H2,16,18). The Morgan fingerprint density at radius 1 is 1.40 bits per heavy atom. The van der Waals surface area contributed by atoms with E-state index in [9.17, 15) is 9.59 Å². The van der Waals surface area contributed by atoms with Crippen LogP contribution < -0.4 is 11.5 Å². The van der Waals surface area contributed by atoms with Crippen LogP contribution in [-0.2, 0) is 20.9 Å². The van der Waals surface area contributed by atoms with Crippen molar-refractivity contribution in [2.24, 2.45) is 5.73 Å². The quantitative estimate of drug-likeness (QED) is 0.754. The zero-order chi connectivity index (χ0) is 14.5. The van der Waals surface area contributed by atoms with Crippen molar-refractivity contribution in [3.63, 3.8) is 0 Å². The highest BCUT2D eigenvalue weighted by Gasteiger charge is 2.29. The molecule has 1 aliphatic rings. The molecule has 1 fully saturated rings. The molecule has 1 unspecified atom stereocenters. The molecule has 6 heteroatoms. The minimum Gasteiger partial charge on any atom is -0.399 e. The number of amides is 2. The van der Waals surface area contributed by atoms with Gasteiger partial charge in [-0.1, -0.05) is 12.1 Å². The molecule has 1 aromatic carbocycles. The Morgan fingerprint density at radius 3 is 2.80 bits per heavy atom. The minimum absolute atomic E-state index is 0.118. The topological polar surface area (TPSA) is 98.7 Å². The Bertz CT molecular complexity index is 498. The lowest BCUT2D eigenvalue weighted by Gasteiger charge is -2.24. The van der Waals surface area contributed by atoms with Gasteiger partial charge in [-0.2, -0.15) is 0 Å². The molecule has 1 saturated heterocycles. The molecule has 4 N–H and O–H groups in total. The molecule has 6 nitrogen and oxygen atoms in total. The first-order chi connectivity index (χ1) is 9.56. The van der Waals surface area contributed by atoms with Gasteiger partial charge in [-0.05, 0) is 30.5 Å². The monoisotopic (exact) mass is 277 g/mol. The van der Waals surface area contributed by atoms with Crippen LogP contribution in [0.4, 0.5) is 5.69 Å². The Balaban J connectivity index is 2.10. The number of carbonyl (C=O) groups excluding carboxylic acids is 2. The van der Waals surface area contributed by atoms with Gasteiger partial charge in [0.1, 0.15) is 6.10 Å². The summed E-state index contributed by atoms with van der Waals surface area (Å²) in [6, 6.07) is 7.21. The highest BCUT2D eigenvalue weighted by Crippen LogP contribution is 2.17. The second kappa shape index (κ2) is 6.38. The molecule has 0 radical (unpaired) electrons. The van der Waals surface area contributed by atoms with Crippen molar-refractivity contribution in [2.45, 2.75) is 25.5 Å². The van der Waals surface area contributed by atoms with Gasteiger partial charge in [0.15, 0.2) is 0 Å². The number of nitrogens with two attached hydrogens (primary N) is 2. The number of nitrogens with zero attached hydrogens (tertiary/aromatic N) is 1. The average Bonchev–Trinajstić information content (AvgIpc) is 2.90. The fraction of sp³-hybridized carbons (Fsp3) is 0.429. The molecule has 1 aromatic rings. The lowest BCUT2D eigenvalue weighted by atomic mass is 10.1. The van der Waals surface area contributed by atoms with Gasteiger partial charge >= 0.3 is 0 Å². The predicted octanol–water partition coefficient (Wildman–Crippen LogP) is 0.262. The van der Waals surface area contributed by atoms with Crippen molar-refractivity contribution >= 4 is 17.5 Å². The van der Waals surface area contributed by atoms with Gasteiger partial charge in [0, 0.05) is 18.8 Å². The number of benzene rings is 1. The van der Waals surface area contributed by atoms with Gasteiger partial charge in [-0.15, -0.1) is 0 Å². The third kappa shape index (κ3) is 3.71. The largest absolute Gasteiger partial charge is 0.399 e. The molecule has 0 bridgehead atoms. The molecule has 108 valence electrons. The molecule has 0 aliphatic carbocycles. The highest BCUT2D eigenvalue weighted by molar-refractivity contribution is 5.86. The van der Waals surface area contributed by atoms with Crippen molar-refractivity contribution in [2.75, 3.05) is 18.9 Å². The smallest absolute Gasteiger partial charge is 0.252 e. The fourth-order valence-corrected chi connectivity index (χ4v) is 2.29. The Kier molecular flexibility index (Phi) is 4.57. The van der Waals surface area contributed by atoms with Crippen molar-refractivity contribution < 1.29 is 14.3 Å². The van der Waals surface area contributed by atoms with E-state index < -0.39 is 12.0 Å². The summed E-state index contributed by atoms with van der Waals surface area (Å²) >= 11 is 0. The number of ether oxygens (including phenoxy) is 1. The van der Waals surface area contributed by atoms with Crippen molar-refractivity contribution in [1.29, 1.82) is 0 Å². The Hall–Kier alpha value is -2.08. The normalized spacial score (nSPS) is 17.9. The summed E-state index contributed by atoms with van der Waals surface area (Å²) in [5, 5.41) is 0. The number of anilines is 1. The first-order valence-electron chi connectivity index (χ1n) is 6.59. The second-order valence-electron chi connectivity index (χ2n) is 4.91. The van der Waals surface area contributed by atoms with Crippen LogP contribution in [0.15, 0.2) is 24.3 Å². The Labute approximate surface area is 117 Å². The van der Waals surface area contributed by atoms with E-state index >= 15 is 0 Å². The van der Waals surface area contributed by atoms with Crippen LogP contribution >= 0.6 is 0 Å². The summed E-state index contributed by atoms with van der Waals surface area (Å²) < 4.78 is 5.37. The molecule has 2 amide bonds. The molecule has 20 heavy (non-hydrogen) atoms. The molecular weight excluding hydrogens is 258 g/mol. The molecule has 0 saturated carbocycles. The maximum absolute atomic E-state index is 12.3. The van der Waals surface area contributed by atoms with E-state index in [4.69, 9.17) is 16.2 Å². The van der Waals surface area contributed by atoms with Gasteiger partial charge < -0.3 is 21.1 Å². The van der Waals surface area contributed by atoms with Crippen molar-refractivity contribution in [1.82, 2.24) is 4.90 Å². The third-order valence-corrected chi connectivity index (χ3v) is 3.19. The van der Waals surface area contributed by atoms with Crippen molar-refractivity contribution in [3.8, 4) is 0 Å². The van der Waals surface area contributed by atoms with Crippen LogP contribution in [0, 0.1) is 0 Å². The molecule has 0 aromatic heterocycles. The summed E-state index contributed by atoms with van der Waals surface area (Å²) in [5.41, 5.74) is 12.4. The van der Waals surface area contributed by atoms with E-state index in [-0.39, 0.29) is 12.5 Å². The minimum atomic E-state index is -0.541. The van der Waals surface area contributed by atoms with Gasteiger partial charge in [-0.25, -0.2) is 0 Å². The summed E-state index contributed by atoms with van der Waals surface area (Å²) in [4.78, 5) is 24.9. The number of hydrogen-bond acceptors (Lipinski definition) is 4. The Morgan fingerprint density at radius 2 is 2.20 bits per heavy atom. The maximum atomic E-state index is 12.3. The van der Waals surface area contributed by atoms with Crippen LogP contribution in [0.1, 0.15) is 18.4 Å². The summed E-state index contributed by atoms with van der Waals surface area (Å²) in [7, 11) is 0. The predicted molar refractivity (Wildman–Crippen MR) is 74.4 cm³/mol. The van der Waals surface area contributed by atoms with Gasteiger partial charge in [0.2, 0.25) is 5.91 Å². The van der Waals surface area contributed by atoms with Crippen LogP contribution in [0.25, 0.3) is 0 Å². The lowest BCUT2D eigenvalue weighted by Crippen LogP contribution is -2.43. The maximum Gasteiger partial charge on any atom is 0.252 e. The molecule has 2 rings (SSSR count). The van der Waals surface area contributed by atoms with E-state index in [0.717, 1.165) is 12.0 Å². The first-order valence-corrected chi connectivity index (χ1v) is 6.59. The number of carbonyl (C=O) groups is 2. The molecular formula is C14H19N3O3. The summed E-state index contributed by atoms with van der Waals surface area (Å²) in [6.07, 6.45) is 1.08. The fourth-order valence-electron chi connectivity index (χ4n) is 2.29. The molecule has 1 atom stereocenters. The zero-order valence-electron chi connectivity index (χ0n) is 11.2. The number of nitrogen functional groups attached to an aromatic ring is 1. The van der Waals surface area contributed by atoms with Gasteiger partial charge in [0.25, 0.3) is 5.91 Å². The molecule has 1 heterocycles. The molecule has 0 spiro atoms. The number of primary amides is 1. The summed E-state index contributed by atoms with van der Waals surface area (Å²) in [6.45, 7) is 0.763. The third-order valence-electron chi connectivity index (χ3n) is 3.19. The number of rotatable bonds is 5. The SMILES string of the molecule is NC(=O)CN(Cc1cccc(N)c1)C(=O)C1CCCO1. The van der Waals surface area contributed by atoms with Gasteiger partial charge in [-0.3, -0.25) is 9.59 Å². The number of hydrogen-bond donors (Lipinski definition) is 2. The first kappa shape index (κ1) is 14.3. The average molecular weight is 277 g/mol. The van der Waals surface area contributed by atoms with Crippen LogP contribution in [-0.4, -0.2) is 36.0 Å².